The number of halogens is 1. The molecule has 1 unspecified atom stereocenters. The molecule has 1 aliphatic heterocycles. The van der Waals surface area contributed by atoms with Crippen LogP contribution >= 0.6 is 12.4 Å². The summed E-state index contributed by atoms with van der Waals surface area (Å²) in [6.45, 7) is 4.69. The molecule has 1 heterocycles. The van der Waals surface area contributed by atoms with Crippen molar-refractivity contribution in [2.45, 2.75) is 57.9 Å². The van der Waals surface area contributed by atoms with E-state index < -0.39 is 0 Å². The van der Waals surface area contributed by atoms with Crippen LogP contribution in [-0.2, 0) is 9.59 Å². The number of amides is 2. The average Bonchev–Trinajstić information content (AvgIpc) is 3.02. The van der Waals surface area contributed by atoms with Crippen LogP contribution in [0.15, 0.2) is 0 Å². The highest BCUT2D eigenvalue weighted by Crippen LogP contribution is 2.25. The quantitative estimate of drug-likeness (QED) is 0.773. The van der Waals surface area contributed by atoms with Crippen LogP contribution in [0.5, 0.6) is 0 Å². The average molecular weight is 346 g/mol. The van der Waals surface area contributed by atoms with Gasteiger partial charge in [-0.25, -0.2) is 0 Å². The van der Waals surface area contributed by atoms with E-state index in [1.807, 2.05) is 18.9 Å². The smallest absolute Gasteiger partial charge is 0.224 e. The van der Waals surface area contributed by atoms with Crippen molar-refractivity contribution >= 4 is 24.2 Å². The summed E-state index contributed by atoms with van der Waals surface area (Å²) in [5, 5.41) is 6.24. The SMILES string of the molecule is CNCC1CCN(C(=O)CC(C)NC(=O)C2CCCC2)CC1.Cl. The zero-order valence-corrected chi connectivity index (χ0v) is 15.3. The second-order valence-corrected chi connectivity index (χ2v) is 6.98. The van der Waals surface area contributed by atoms with Crippen molar-refractivity contribution in [3.8, 4) is 0 Å². The Hall–Kier alpha value is -0.810. The second-order valence-electron chi connectivity index (χ2n) is 6.98. The maximum Gasteiger partial charge on any atom is 0.224 e. The van der Waals surface area contributed by atoms with E-state index in [2.05, 4.69) is 10.6 Å². The molecular weight excluding hydrogens is 314 g/mol. The Morgan fingerprint density at radius 2 is 1.74 bits per heavy atom. The molecule has 0 aromatic carbocycles. The normalized spacial score (nSPS) is 20.9. The van der Waals surface area contributed by atoms with Crippen molar-refractivity contribution in [3.05, 3.63) is 0 Å². The minimum absolute atomic E-state index is 0. The van der Waals surface area contributed by atoms with E-state index in [-0.39, 0.29) is 36.2 Å². The van der Waals surface area contributed by atoms with E-state index >= 15 is 0 Å². The van der Waals surface area contributed by atoms with Crippen LogP contribution < -0.4 is 10.6 Å². The monoisotopic (exact) mass is 345 g/mol. The summed E-state index contributed by atoms with van der Waals surface area (Å²) in [7, 11) is 1.98. The van der Waals surface area contributed by atoms with Gasteiger partial charge in [-0.15, -0.1) is 12.4 Å². The Labute approximate surface area is 146 Å². The molecule has 5 nitrogen and oxygen atoms in total. The molecule has 2 amide bonds. The maximum atomic E-state index is 12.3. The fourth-order valence-corrected chi connectivity index (χ4v) is 3.67. The van der Waals surface area contributed by atoms with Crippen molar-refractivity contribution in [1.82, 2.24) is 15.5 Å². The molecule has 0 spiro atoms. The summed E-state index contributed by atoms with van der Waals surface area (Å²) in [4.78, 5) is 26.4. The number of rotatable bonds is 6. The number of hydrogen-bond acceptors (Lipinski definition) is 3. The minimum Gasteiger partial charge on any atom is -0.353 e. The van der Waals surface area contributed by atoms with Gasteiger partial charge in [-0.05, 0) is 52.1 Å². The van der Waals surface area contributed by atoms with Gasteiger partial charge in [-0.2, -0.15) is 0 Å². The summed E-state index contributed by atoms with van der Waals surface area (Å²) in [6, 6.07) is -0.0596. The molecule has 2 N–H and O–H groups in total. The summed E-state index contributed by atoms with van der Waals surface area (Å²) < 4.78 is 0. The van der Waals surface area contributed by atoms with Gasteiger partial charge in [0, 0.05) is 31.5 Å². The third-order valence-corrected chi connectivity index (χ3v) is 5.06. The zero-order chi connectivity index (χ0) is 15.9. The van der Waals surface area contributed by atoms with E-state index in [0.29, 0.717) is 12.3 Å². The Morgan fingerprint density at radius 1 is 1.13 bits per heavy atom. The molecule has 2 fully saturated rings. The number of piperidine rings is 1. The first-order valence-corrected chi connectivity index (χ1v) is 8.83. The van der Waals surface area contributed by atoms with Gasteiger partial charge in [-0.1, -0.05) is 12.8 Å². The molecule has 2 aliphatic rings. The number of carbonyl (C=O) groups is 2. The largest absolute Gasteiger partial charge is 0.353 e. The third kappa shape index (κ3) is 6.30. The molecule has 6 heteroatoms. The topological polar surface area (TPSA) is 61.4 Å². The van der Waals surface area contributed by atoms with Gasteiger partial charge in [0.25, 0.3) is 0 Å². The molecule has 1 saturated carbocycles. The number of nitrogens with zero attached hydrogens (tertiary/aromatic N) is 1. The Bertz CT molecular complexity index is 378. The molecule has 2 rings (SSSR count). The standard InChI is InChI=1S/C17H31N3O2.ClH/c1-13(19-17(22)15-5-3-4-6-15)11-16(21)20-9-7-14(8-10-20)12-18-2;/h13-15,18H,3-12H2,1-2H3,(H,19,22);1H. The van der Waals surface area contributed by atoms with Crippen molar-refractivity contribution in [2.75, 3.05) is 26.7 Å². The van der Waals surface area contributed by atoms with E-state index in [0.717, 1.165) is 58.2 Å². The van der Waals surface area contributed by atoms with Crippen LogP contribution in [-0.4, -0.2) is 49.4 Å². The number of carbonyl (C=O) groups excluding carboxylic acids is 2. The maximum absolute atomic E-state index is 12.3. The molecule has 134 valence electrons. The van der Waals surface area contributed by atoms with Crippen LogP contribution in [0.4, 0.5) is 0 Å². The van der Waals surface area contributed by atoms with Gasteiger partial charge in [0.15, 0.2) is 0 Å². The van der Waals surface area contributed by atoms with Gasteiger partial charge in [-0.3, -0.25) is 9.59 Å². The lowest BCUT2D eigenvalue weighted by atomic mass is 9.96. The van der Waals surface area contributed by atoms with E-state index in [4.69, 9.17) is 0 Å². The number of nitrogens with one attached hydrogen (secondary N) is 2. The van der Waals surface area contributed by atoms with E-state index in [1.165, 1.54) is 0 Å². The molecular formula is C17H32ClN3O2. The van der Waals surface area contributed by atoms with E-state index in [1.54, 1.807) is 0 Å². The fourth-order valence-electron chi connectivity index (χ4n) is 3.67. The van der Waals surface area contributed by atoms with Crippen LogP contribution in [0.2, 0.25) is 0 Å². The highest BCUT2D eigenvalue weighted by molar-refractivity contribution is 5.85. The first-order valence-electron chi connectivity index (χ1n) is 8.83. The van der Waals surface area contributed by atoms with Crippen molar-refractivity contribution < 1.29 is 9.59 Å². The summed E-state index contributed by atoms with van der Waals surface area (Å²) in [5.41, 5.74) is 0. The Kier molecular flexibility index (Phi) is 8.92. The molecule has 0 radical (unpaired) electrons. The highest BCUT2D eigenvalue weighted by Gasteiger charge is 2.26. The predicted octanol–water partition coefficient (Wildman–Crippen LogP) is 1.95. The molecule has 0 aromatic heterocycles. The summed E-state index contributed by atoms with van der Waals surface area (Å²) >= 11 is 0. The first kappa shape index (κ1) is 20.2. The van der Waals surface area contributed by atoms with Gasteiger partial charge < -0.3 is 15.5 Å². The molecule has 1 aliphatic carbocycles. The first-order chi connectivity index (χ1) is 10.6. The van der Waals surface area contributed by atoms with Gasteiger partial charge >= 0.3 is 0 Å². The lowest BCUT2D eigenvalue weighted by Gasteiger charge is -2.32. The Morgan fingerprint density at radius 3 is 2.30 bits per heavy atom. The number of likely N-dealkylation sites (tertiary alicyclic amines) is 1. The summed E-state index contributed by atoms with van der Waals surface area (Å²) in [5.74, 6) is 1.19. The fraction of sp³-hybridized carbons (Fsp3) is 0.882. The number of hydrogen-bond donors (Lipinski definition) is 2. The van der Waals surface area contributed by atoms with Crippen LogP contribution in [0.1, 0.15) is 51.9 Å². The lowest BCUT2D eigenvalue weighted by Crippen LogP contribution is -2.44. The highest BCUT2D eigenvalue weighted by atomic mass is 35.5. The van der Waals surface area contributed by atoms with Crippen molar-refractivity contribution in [2.24, 2.45) is 11.8 Å². The second kappa shape index (κ2) is 10.1. The van der Waals surface area contributed by atoms with Gasteiger partial charge in [0.05, 0.1) is 0 Å². The molecule has 1 saturated heterocycles. The van der Waals surface area contributed by atoms with Crippen molar-refractivity contribution in [1.29, 1.82) is 0 Å². The summed E-state index contributed by atoms with van der Waals surface area (Å²) in [6.07, 6.45) is 6.91. The van der Waals surface area contributed by atoms with E-state index in [9.17, 15) is 9.59 Å². The van der Waals surface area contributed by atoms with Crippen LogP contribution in [0.3, 0.4) is 0 Å². The Balaban J connectivity index is 0.00000264. The van der Waals surface area contributed by atoms with Gasteiger partial charge in [0.1, 0.15) is 0 Å². The van der Waals surface area contributed by atoms with Gasteiger partial charge in [0.2, 0.25) is 11.8 Å². The lowest BCUT2D eigenvalue weighted by molar-refractivity contribution is -0.133. The molecule has 23 heavy (non-hydrogen) atoms. The molecule has 0 bridgehead atoms. The minimum atomic E-state index is -0.0596. The zero-order valence-electron chi connectivity index (χ0n) is 14.5. The molecule has 1 atom stereocenters. The van der Waals surface area contributed by atoms with Crippen molar-refractivity contribution in [3.63, 3.8) is 0 Å². The predicted molar refractivity (Wildman–Crippen MR) is 94.7 cm³/mol. The third-order valence-electron chi connectivity index (χ3n) is 5.06. The molecule has 0 aromatic rings. The van der Waals surface area contributed by atoms with Crippen LogP contribution in [0.25, 0.3) is 0 Å². The van der Waals surface area contributed by atoms with Crippen LogP contribution in [0, 0.1) is 11.8 Å².